The van der Waals surface area contributed by atoms with Gasteiger partial charge in [-0.15, -0.1) is 0 Å². The maximum Gasteiger partial charge on any atom is 0.234 e. The fourth-order valence-corrected chi connectivity index (χ4v) is 3.10. The molecule has 1 aliphatic carbocycles. The number of fused-ring (bicyclic) bond motifs is 1. The van der Waals surface area contributed by atoms with E-state index in [0.29, 0.717) is 12.6 Å². The van der Waals surface area contributed by atoms with Crippen LogP contribution in [0.5, 0.6) is 0 Å². The fourth-order valence-electron chi connectivity index (χ4n) is 3.10. The van der Waals surface area contributed by atoms with Gasteiger partial charge in [0.15, 0.2) is 0 Å². The first-order valence-corrected chi connectivity index (χ1v) is 7.03. The van der Waals surface area contributed by atoms with Crippen LogP contribution in [0.15, 0.2) is 0 Å². The molecule has 0 spiro atoms. The molecule has 2 aliphatic heterocycles. The van der Waals surface area contributed by atoms with Gasteiger partial charge >= 0.3 is 0 Å². The fraction of sp³-hybridized carbons (Fsp3) is 0.923. The van der Waals surface area contributed by atoms with E-state index in [4.69, 9.17) is 0 Å². The second kappa shape index (κ2) is 4.94. The summed E-state index contributed by atoms with van der Waals surface area (Å²) in [4.78, 5) is 14.1. The van der Waals surface area contributed by atoms with Gasteiger partial charge in [-0.3, -0.25) is 9.69 Å². The average Bonchev–Trinajstić information content (AvgIpc) is 3.06. The van der Waals surface area contributed by atoms with Crippen molar-refractivity contribution in [1.82, 2.24) is 15.5 Å². The van der Waals surface area contributed by atoms with Crippen molar-refractivity contribution in [2.75, 3.05) is 32.7 Å². The van der Waals surface area contributed by atoms with Gasteiger partial charge in [0, 0.05) is 25.7 Å². The normalized spacial score (nSPS) is 33.4. The zero-order valence-corrected chi connectivity index (χ0v) is 10.5. The average molecular weight is 237 g/mol. The molecule has 0 bridgehead atoms. The van der Waals surface area contributed by atoms with Crippen LogP contribution >= 0.6 is 0 Å². The summed E-state index contributed by atoms with van der Waals surface area (Å²) in [6.45, 7) is 4.82. The van der Waals surface area contributed by atoms with Crippen molar-refractivity contribution in [2.45, 2.75) is 31.7 Å². The molecule has 0 aromatic heterocycles. The van der Waals surface area contributed by atoms with Crippen molar-refractivity contribution < 1.29 is 4.79 Å². The maximum atomic E-state index is 11.8. The molecule has 0 unspecified atom stereocenters. The van der Waals surface area contributed by atoms with Crippen LogP contribution in [0, 0.1) is 11.8 Å². The van der Waals surface area contributed by atoms with Gasteiger partial charge in [0.2, 0.25) is 5.91 Å². The number of hydrogen-bond acceptors (Lipinski definition) is 3. The van der Waals surface area contributed by atoms with Crippen molar-refractivity contribution in [2.24, 2.45) is 11.8 Å². The first-order valence-electron chi connectivity index (χ1n) is 7.03. The first-order chi connectivity index (χ1) is 8.31. The molecule has 4 nitrogen and oxygen atoms in total. The Hall–Kier alpha value is -0.610. The molecule has 0 radical (unpaired) electrons. The Morgan fingerprint density at radius 2 is 2.18 bits per heavy atom. The number of nitrogens with one attached hydrogen (secondary N) is 2. The van der Waals surface area contributed by atoms with Crippen molar-refractivity contribution in [3.05, 3.63) is 0 Å². The second-order valence-electron chi connectivity index (χ2n) is 5.90. The molecular formula is C13H23N3O. The third-order valence-corrected chi connectivity index (χ3v) is 4.33. The smallest absolute Gasteiger partial charge is 0.234 e. The quantitative estimate of drug-likeness (QED) is 0.734. The van der Waals surface area contributed by atoms with Crippen molar-refractivity contribution in [1.29, 1.82) is 0 Å². The zero-order valence-electron chi connectivity index (χ0n) is 10.5. The van der Waals surface area contributed by atoms with E-state index in [1.807, 2.05) is 0 Å². The molecule has 2 saturated heterocycles. The highest BCUT2D eigenvalue weighted by Gasteiger charge is 2.34. The molecule has 3 fully saturated rings. The summed E-state index contributed by atoms with van der Waals surface area (Å²) in [6.07, 6.45) is 5.23. The van der Waals surface area contributed by atoms with Crippen LogP contribution in [0.2, 0.25) is 0 Å². The number of carbonyl (C=O) groups excluding carboxylic acids is 1. The summed E-state index contributed by atoms with van der Waals surface area (Å²) in [5.41, 5.74) is 0. The number of amides is 1. The van der Waals surface area contributed by atoms with E-state index in [2.05, 4.69) is 15.5 Å². The number of rotatable bonds is 4. The molecule has 2 heterocycles. The van der Waals surface area contributed by atoms with Gasteiger partial charge in [0.05, 0.1) is 6.54 Å². The van der Waals surface area contributed by atoms with Gasteiger partial charge in [-0.05, 0) is 44.1 Å². The number of piperidine rings is 1. The second-order valence-corrected chi connectivity index (χ2v) is 5.90. The lowest BCUT2D eigenvalue weighted by molar-refractivity contribution is -0.122. The molecule has 1 amide bonds. The summed E-state index contributed by atoms with van der Waals surface area (Å²) >= 11 is 0. The lowest BCUT2D eigenvalue weighted by Gasteiger charge is -2.24. The summed E-state index contributed by atoms with van der Waals surface area (Å²) in [5.74, 6) is 1.78. The van der Waals surface area contributed by atoms with Crippen LogP contribution in [-0.4, -0.2) is 49.6 Å². The Morgan fingerprint density at radius 3 is 2.94 bits per heavy atom. The van der Waals surface area contributed by atoms with Crippen LogP contribution in [0.25, 0.3) is 0 Å². The highest BCUT2D eigenvalue weighted by molar-refractivity contribution is 5.78. The van der Waals surface area contributed by atoms with E-state index in [9.17, 15) is 4.79 Å². The number of likely N-dealkylation sites (tertiary alicyclic amines) is 1. The van der Waals surface area contributed by atoms with Gasteiger partial charge in [-0.2, -0.15) is 0 Å². The molecule has 3 aliphatic rings. The van der Waals surface area contributed by atoms with Gasteiger partial charge in [-0.25, -0.2) is 0 Å². The summed E-state index contributed by atoms with van der Waals surface area (Å²) in [5, 5.41) is 6.62. The molecule has 4 heteroatoms. The minimum Gasteiger partial charge on any atom is -0.355 e. The molecule has 0 aromatic rings. The Bertz CT molecular complexity index is 276. The van der Waals surface area contributed by atoms with Gasteiger partial charge in [0.25, 0.3) is 0 Å². The summed E-state index contributed by atoms with van der Waals surface area (Å²) in [6, 6.07) is 0.639. The SMILES string of the molecule is O=C(CN1C[C@@H]2CCCN[C@@H]2C1)NCC1CC1. The Morgan fingerprint density at radius 1 is 1.29 bits per heavy atom. The standard InChI is InChI=1S/C13H23N3O/c17-13(15-6-10-3-4-10)9-16-7-11-2-1-5-14-12(11)8-16/h10-12,14H,1-9H2,(H,15,17)/t11-,12+/m0/s1. The summed E-state index contributed by atoms with van der Waals surface area (Å²) in [7, 11) is 0. The van der Waals surface area contributed by atoms with Gasteiger partial charge in [-0.1, -0.05) is 0 Å². The van der Waals surface area contributed by atoms with Gasteiger partial charge in [0.1, 0.15) is 0 Å². The highest BCUT2D eigenvalue weighted by Crippen LogP contribution is 2.27. The number of nitrogens with zero attached hydrogens (tertiary/aromatic N) is 1. The van der Waals surface area contributed by atoms with E-state index in [1.54, 1.807) is 0 Å². The number of carbonyl (C=O) groups is 1. The molecule has 0 aromatic carbocycles. The third kappa shape index (κ3) is 2.99. The van der Waals surface area contributed by atoms with Gasteiger partial charge < -0.3 is 10.6 Å². The Labute approximate surface area is 103 Å². The topological polar surface area (TPSA) is 44.4 Å². The van der Waals surface area contributed by atoms with E-state index in [-0.39, 0.29) is 5.91 Å². The molecule has 2 atom stereocenters. The van der Waals surface area contributed by atoms with E-state index in [1.165, 1.54) is 25.7 Å². The van der Waals surface area contributed by atoms with E-state index < -0.39 is 0 Å². The van der Waals surface area contributed by atoms with Crippen LogP contribution < -0.4 is 10.6 Å². The monoisotopic (exact) mass is 237 g/mol. The maximum absolute atomic E-state index is 11.8. The third-order valence-electron chi connectivity index (χ3n) is 4.33. The lowest BCUT2D eigenvalue weighted by Crippen LogP contribution is -2.41. The van der Waals surface area contributed by atoms with Crippen molar-refractivity contribution in [3.63, 3.8) is 0 Å². The predicted octanol–water partition coefficient (Wildman–Crippen LogP) is 0.196. The predicted molar refractivity (Wildman–Crippen MR) is 66.7 cm³/mol. The van der Waals surface area contributed by atoms with Crippen LogP contribution in [0.4, 0.5) is 0 Å². The molecule has 2 N–H and O–H groups in total. The lowest BCUT2D eigenvalue weighted by atomic mass is 9.94. The summed E-state index contributed by atoms with van der Waals surface area (Å²) < 4.78 is 0. The Balaban J connectivity index is 1.41. The number of hydrogen-bond donors (Lipinski definition) is 2. The molecule has 96 valence electrons. The first kappa shape index (κ1) is 11.5. The van der Waals surface area contributed by atoms with E-state index >= 15 is 0 Å². The molecule has 17 heavy (non-hydrogen) atoms. The van der Waals surface area contributed by atoms with Crippen molar-refractivity contribution >= 4 is 5.91 Å². The molecular weight excluding hydrogens is 214 g/mol. The van der Waals surface area contributed by atoms with Crippen LogP contribution in [0.3, 0.4) is 0 Å². The highest BCUT2D eigenvalue weighted by atomic mass is 16.2. The minimum atomic E-state index is 0.218. The molecule has 3 rings (SSSR count). The van der Waals surface area contributed by atoms with Crippen LogP contribution in [-0.2, 0) is 4.79 Å². The molecule has 1 saturated carbocycles. The Kier molecular flexibility index (Phi) is 3.34. The largest absolute Gasteiger partial charge is 0.355 e. The zero-order chi connectivity index (χ0) is 11.7. The minimum absolute atomic E-state index is 0.218. The van der Waals surface area contributed by atoms with Crippen molar-refractivity contribution in [3.8, 4) is 0 Å². The van der Waals surface area contributed by atoms with Crippen LogP contribution in [0.1, 0.15) is 25.7 Å². The van der Waals surface area contributed by atoms with E-state index in [0.717, 1.165) is 38.0 Å².